The fourth-order valence-corrected chi connectivity index (χ4v) is 0.313. The van der Waals surface area contributed by atoms with Gasteiger partial charge in [-0.25, -0.2) is 0 Å². The number of nitrogens with zero attached hydrogens (tertiary/aromatic N) is 1. The molecule has 2 radical (unpaired) electrons. The number of pyridine rings is 1. The van der Waals surface area contributed by atoms with Crippen molar-refractivity contribution in [2.24, 2.45) is 0 Å². The van der Waals surface area contributed by atoms with Gasteiger partial charge in [0.05, 0.1) is 0 Å². The zero-order valence-electron chi connectivity index (χ0n) is 3.78. The topological polar surface area (TPSA) is 12.9 Å². The van der Waals surface area contributed by atoms with E-state index in [4.69, 9.17) is 0 Å². The Morgan fingerprint density at radius 3 is 1.57 bits per heavy atom. The van der Waals surface area contributed by atoms with Crippen LogP contribution in [0.5, 0.6) is 0 Å². The van der Waals surface area contributed by atoms with Crippen molar-refractivity contribution in [3.63, 3.8) is 0 Å². The second kappa shape index (κ2) is 4.20. The average molecular weight is 288 g/mol. The van der Waals surface area contributed by atoms with E-state index < -0.39 is 0 Å². The van der Waals surface area contributed by atoms with Crippen molar-refractivity contribution in [2.45, 2.75) is 0 Å². The molecule has 0 N–H and O–H groups in total. The van der Waals surface area contributed by atoms with Crippen LogP contribution in [-0.4, -0.2) is 31.2 Å². The summed E-state index contributed by atoms with van der Waals surface area (Å²) in [5.74, 6) is 0. The van der Waals surface area contributed by atoms with Crippen LogP contribution in [0, 0.1) is 0 Å². The zero-order valence-corrected chi connectivity index (χ0v) is 7.26. The van der Waals surface area contributed by atoms with Gasteiger partial charge < -0.3 is 0 Å². The van der Waals surface area contributed by atoms with Crippen LogP contribution >= 0.6 is 0 Å². The van der Waals surface area contributed by atoms with Gasteiger partial charge in [0.25, 0.3) is 0 Å². The molecule has 0 saturated carbocycles. The minimum absolute atomic E-state index is 0. The summed E-state index contributed by atoms with van der Waals surface area (Å²) in [6.45, 7) is 0. The molecule has 0 aromatic carbocycles. The molecule has 0 bridgehead atoms. The Morgan fingerprint density at radius 2 is 1.43 bits per heavy atom. The molecular weight excluding hydrogens is 283 g/mol. The molecule has 2 heteroatoms. The number of aromatic nitrogens is 1. The molecule has 1 rings (SSSR count). The summed E-state index contributed by atoms with van der Waals surface area (Å²) >= 11 is 0. The maximum absolute atomic E-state index is 3.78. The van der Waals surface area contributed by atoms with Gasteiger partial charge in [-0.1, -0.05) is 6.07 Å². The Balaban J connectivity index is 0.000000360. The first kappa shape index (κ1) is 7.03. The SMILES string of the molecule is [Bi+3].c1ccncc1. The first-order valence-corrected chi connectivity index (χ1v) is 1.85. The van der Waals surface area contributed by atoms with Crippen molar-refractivity contribution in [3.8, 4) is 0 Å². The predicted molar refractivity (Wildman–Crippen MR) is 30.0 cm³/mol. The fourth-order valence-electron chi connectivity index (χ4n) is 0.313. The minimum atomic E-state index is 0. The van der Waals surface area contributed by atoms with Gasteiger partial charge in [0.1, 0.15) is 0 Å². The van der Waals surface area contributed by atoms with Crippen molar-refractivity contribution >= 4 is 26.2 Å². The largest absolute Gasteiger partial charge is 3.00 e. The van der Waals surface area contributed by atoms with Gasteiger partial charge in [-0.2, -0.15) is 0 Å². The van der Waals surface area contributed by atoms with Gasteiger partial charge in [-0.15, -0.1) is 0 Å². The Morgan fingerprint density at radius 1 is 0.857 bits per heavy atom. The number of rotatable bonds is 0. The monoisotopic (exact) mass is 288 g/mol. The molecule has 0 saturated heterocycles. The van der Waals surface area contributed by atoms with Crippen molar-refractivity contribution in [3.05, 3.63) is 30.6 Å². The maximum atomic E-state index is 3.78. The third-order valence-corrected chi connectivity index (χ3v) is 0.566. The third kappa shape index (κ3) is 2.70. The molecule has 0 amide bonds. The molecule has 0 atom stereocenters. The molecule has 0 unspecified atom stereocenters. The summed E-state index contributed by atoms with van der Waals surface area (Å²) in [5.41, 5.74) is 0. The van der Waals surface area contributed by atoms with Crippen molar-refractivity contribution in [1.82, 2.24) is 4.98 Å². The standard InChI is InChI=1S/C5H5N.Bi/c1-2-4-6-5-3-1;/h1-5H;/q;+3. The van der Waals surface area contributed by atoms with E-state index in [0.717, 1.165) is 0 Å². The smallest absolute Gasteiger partial charge is 0.265 e. The van der Waals surface area contributed by atoms with Crippen LogP contribution in [0.1, 0.15) is 0 Å². The van der Waals surface area contributed by atoms with Crippen LogP contribution < -0.4 is 0 Å². The van der Waals surface area contributed by atoms with Gasteiger partial charge in [-0.05, 0) is 12.1 Å². The summed E-state index contributed by atoms with van der Waals surface area (Å²) in [6.07, 6.45) is 3.50. The van der Waals surface area contributed by atoms with Crippen molar-refractivity contribution < 1.29 is 0 Å². The first-order valence-electron chi connectivity index (χ1n) is 1.85. The second-order valence-corrected chi connectivity index (χ2v) is 1.02. The molecular formula is C5H5BiN+3. The minimum Gasteiger partial charge on any atom is -0.265 e. The molecule has 1 aromatic heterocycles. The Kier molecular flexibility index (Phi) is 4.22. The Labute approximate surface area is 61.9 Å². The van der Waals surface area contributed by atoms with Crippen molar-refractivity contribution in [1.29, 1.82) is 0 Å². The molecule has 7 heavy (non-hydrogen) atoms. The number of hydrogen-bond acceptors (Lipinski definition) is 1. The first-order chi connectivity index (χ1) is 3.00. The summed E-state index contributed by atoms with van der Waals surface area (Å²) in [6, 6.07) is 5.72. The van der Waals surface area contributed by atoms with Crippen molar-refractivity contribution in [2.75, 3.05) is 0 Å². The summed E-state index contributed by atoms with van der Waals surface area (Å²) in [7, 11) is 0. The predicted octanol–water partition coefficient (Wildman–Crippen LogP) is 0.701. The molecule has 32 valence electrons. The zero-order chi connectivity index (χ0) is 4.24. The van der Waals surface area contributed by atoms with Gasteiger partial charge in [0.2, 0.25) is 0 Å². The van der Waals surface area contributed by atoms with Crippen LogP contribution in [-0.2, 0) is 0 Å². The van der Waals surface area contributed by atoms with Crippen LogP contribution in [0.15, 0.2) is 30.6 Å². The fraction of sp³-hybridized carbons (Fsp3) is 0. The molecule has 0 spiro atoms. The van der Waals surface area contributed by atoms with E-state index in [1.165, 1.54) is 0 Å². The maximum Gasteiger partial charge on any atom is 3.00 e. The molecule has 0 aliphatic rings. The number of hydrogen-bond donors (Lipinski definition) is 0. The van der Waals surface area contributed by atoms with E-state index in [9.17, 15) is 0 Å². The average Bonchev–Trinajstić information content (AvgIpc) is 1.72. The normalized spacial score (nSPS) is 6.86. The van der Waals surface area contributed by atoms with E-state index in [0.29, 0.717) is 0 Å². The summed E-state index contributed by atoms with van der Waals surface area (Å²) < 4.78 is 0. The van der Waals surface area contributed by atoms with E-state index in [2.05, 4.69) is 4.98 Å². The molecule has 1 heterocycles. The quantitative estimate of drug-likeness (QED) is 0.640. The molecule has 0 aliphatic heterocycles. The molecule has 0 fully saturated rings. The summed E-state index contributed by atoms with van der Waals surface area (Å²) in [4.78, 5) is 3.78. The van der Waals surface area contributed by atoms with Gasteiger partial charge in [0.15, 0.2) is 0 Å². The molecule has 0 aliphatic carbocycles. The third-order valence-electron chi connectivity index (χ3n) is 0.566. The van der Waals surface area contributed by atoms with Crippen LogP contribution in [0.3, 0.4) is 0 Å². The van der Waals surface area contributed by atoms with E-state index in [1.807, 2.05) is 18.2 Å². The summed E-state index contributed by atoms with van der Waals surface area (Å²) in [5, 5.41) is 0. The molecule has 1 nitrogen and oxygen atoms in total. The van der Waals surface area contributed by atoms with Crippen LogP contribution in [0.2, 0.25) is 0 Å². The molecule has 1 aromatic rings. The van der Waals surface area contributed by atoms with E-state index in [1.54, 1.807) is 12.4 Å². The van der Waals surface area contributed by atoms with Gasteiger partial charge in [0, 0.05) is 12.4 Å². The van der Waals surface area contributed by atoms with E-state index >= 15 is 0 Å². The van der Waals surface area contributed by atoms with Crippen LogP contribution in [0.4, 0.5) is 0 Å². The Hall–Kier alpha value is 0.0331. The van der Waals surface area contributed by atoms with Gasteiger partial charge >= 0.3 is 26.2 Å². The van der Waals surface area contributed by atoms with E-state index in [-0.39, 0.29) is 26.2 Å². The second-order valence-electron chi connectivity index (χ2n) is 1.02. The van der Waals surface area contributed by atoms with Crippen LogP contribution in [0.25, 0.3) is 0 Å². The Bertz CT molecular complexity index is 80.0. The van der Waals surface area contributed by atoms with Gasteiger partial charge in [-0.3, -0.25) is 4.98 Å².